The molecule has 6 heteroatoms. The third-order valence-corrected chi connectivity index (χ3v) is 5.06. The quantitative estimate of drug-likeness (QED) is 0.419. The molecule has 1 heterocycles. The first-order chi connectivity index (χ1) is 15.7. The Hall–Kier alpha value is -4.06. The van der Waals surface area contributed by atoms with E-state index < -0.39 is 0 Å². The number of aryl methyl sites for hydroxylation is 1. The van der Waals surface area contributed by atoms with Gasteiger partial charge in [-0.3, -0.25) is 4.79 Å². The van der Waals surface area contributed by atoms with E-state index >= 15 is 0 Å². The Balaban J connectivity index is 1.44. The minimum atomic E-state index is -0.244. The largest absolute Gasteiger partial charge is 0.493 e. The van der Waals surface area contributed by atoms with Crippen LogP contribution in [0.5, 0.6) is 11.5 Å². The van der Waals surface area contributed by atoms with Gasteiger partial charge in [-0.05, 0) is 30.2 Å². The van der Waals surface area contributed by atoms with Gasteiger partial charge in [-0.15, -0.1) is 0 Å². The third-order valence-electron chi connectivity index (χ3n) is 5.06. The Morgan fingerprint density at radius 3 is 2.38 bits per heavy atom. The molecule has 4 rings (SSSR count). The lowest BCUT2D eigenvalue weighted by Gasteiger charge is -2.13. The number of nitrogens with zero attached hydrogens (tertiary/aromatic N) is 1. The van der Waals surface area contributed by atoms with Gasteiger partial charge >= 0.3 is 0 Å². The summed E-state index contributed by atoms with van der Waals surface area (Å²) in [5.41, 5.74) is 3.76. The molecule has 4 aromatic rings. The third kappa shape index (κ3) is 4.81. The van der Waals surface area contributed by atoms with Crippen LogP contribution < -0.4 is 14.8 Å². The fourth-order valence-electron chi connectivity index (χ4n) is 3.38. The number of carbonyl (C=O) groups is 1. The highest BCUT2D eigenvalue weighted by atomic mass is 16.5. The van der Waals surface area contributed by atoms with Crippen molar-refractivity contribution < 1.29 is 18.8 Å². The summed E-state index contributed by atoms with van der Waals surface area (Å²) >= 11 is 0. The second-order valence-corrected chi connectivity index (χ2v) is 7.27. The number of hydrogen-bond donors (Lipinski definition) is 1. The molecule has 0 aliphatic heterocycles. The fourth-order valence-corrected chi connectivity index (χ4v) is 3.38. The predicted octanol–water partition coefficient (Wildman–Crippen LogP) is 5.17. The van der Waals surface area contributed by atoms with Crippen LogP contribution in [-0.2, 0) is 13.2 Å². The van der Waals surface area contributed by atoms with E-state index in [-0.39, 0.29) is 5.91 Å². The van der Waals surface area contributed by atoms with E-state index in [1.807, 2.05) is 78.9 Å². The molecule has 1 amide bonds. The first kappa shape index (κ1) is 21.2. The van der Waals surface area contributed by atoms with Crippen LogP contribution in [0.4, 0.5) is 0 Å². The van der Waals surface area contributed by atoms with E-state index in [4.69, 9.17) is 14.0 Å². The average molecular weight is 428 g/mol. The maximum absolute atomic E-state index is 12.9. The number of hydrogen-bond acceptors (Lipinski definition) is 5. The van der Waals surface area contributed by atoms with E-state index in [1.165, 1.54) is 0 Å². The normalized spacial score (nSPS) is 10.6. The van der Waals surface area contributed by atoms with Gasteiger partial charge in [-0.2, -0.15) is 0 Å². The van der Waals surface area contributed by atoms with Gasteiger partial charge in [0.25, 0.3) is 5.91 Å². The second kappa shape index (κ2) is 9.83. The summed E-state index contributed by atoms with van der Waals surface area (Å²) < 4.78 is 16.7. The molecule has 0 unspecified atom stereocenters. The Morgan fingerprint density at radius 1 is 0.938 bits per heavy atom. The first-order valence-electron chi connectivity index (χ1n) is 10.3. The van der Waals surface area contributed by atoms with Crippen LogP contribution in [0.3, 0.4) is 0 Å². The summed E-state index contributed by atoms with van der Waals surface area (Å²) in [5, 5.41) is 7.02. The molecule has 162 valence electrons. The van der Waals surface area contributed by atoms with Crippen LogP contribution in [0, 0.1) is 6.92 Å². The molecule has 0 aliphatic carbocycles. The maximum Gasteiger partial charge on any atom is 0.257 e. The Kier molecular flexibility index (Phi) is 6.51. The summed E-state index contributed by atoms with van der Waals surface area (Å²) in [6.45, 7) is 2.51. The molecule has 6 nitrogen and oxygen atoms in total. The molecule has 0 aliphatic rings. The van der Waals surface area contributed by atoms with Crippen LogP contribution in [0.1, 0.15) is 27.2 Å². The highest BCUT2D eigenvalue weighted by molar-refractivity contribution is 6.00. The number of benzene rings is 3. The molecule has 0 fully saturated rings. The zero-order chi connectivity index (χ0) is 22.3. The summed E-state index contributed by atoms with van der Waals surface area (Å²) in [7, 11) is 1.60. The minimum Gasteiger partial charge on any atom is -0.493 e. The van der Waals surface area contributed by atoms with Gasteiger partial charge in [0.2, 0.25) is 0 Å². The zero-order valence-electron chi connectivity index (χ0n) is 18.0. The Bertz CT molecular complexity index is 1190. The van der Waals surface area contributed by atoms with Crippen molar-refractivity contribution in [3.05, 3.63) is 101 Å². The minimum absolute atomic E-state index is 0.244. The molecule has 0 spiro atoms. The molecule has 0 radical (unpaired) electrons. The average Bonchev–Trinajstić information content (AvgIpc) is 3.24. The van der Waals surface area contributed by atoms with E-state index in [0.29, 0.717) is 41.7 Å². The van der Waals surface area contributed by atoms with E-state index in [2.05, 4.69) is 10.5 Å². The number of methoxy groups -OCH3 is 1. The van der Waals surface area contributed by atoms with Gasteiger partial charge in [0.15, 0.2) is 11.5 Å². The number of amides is 1. The molecular weight excluding hydrogens is 404 g/mol. The molecular formula is C26H24N2O4. The van der Waals surface area contributed by atoms with Crippen molar-refractivity contribution in [1.29, 1.82) is 0 Å². The summed E-state index contributed by atoms with van der Waals surface area (Å²) in [6.07, 6.45) is 0. The SMILES string of the molecule is COc1cc(CNC(=O)c2c(-c3ccccc3)noc2C)ccc1OCc1ccccc1. The lowest BCUT2D eigenvalue weighted by molar-refractivity contribution is 0.0950. The molecule has 0 saturated heterocycles. The van der Waals surface area contributed by atoms with Gasteiger partial charge in [-0.25, -0.2) is 0 Å². The standard InChI is InChI=1S/C26H24N2O4/c1-18-24(25(28-32-18)21-11-7-4-8-12-21)26(29)27-16-20-13-14-22(23(15-20)30-2)31-17-19-9-5-3-6-10-19/h3-15H,16-17H2,1-2H3,(H,27,29). The number of ether oxygens (including phenoxy) is 2. The molecule has 1 N–H and O–H groups in total. The zero-order valence-corrected chi connectivity index (χ0v) is 18.0. The summed E-state index contributed by atoms with van der Waals surface area (Å²) in [4.78, 5) is 12.9. The van der Waals surface area contributed by atoms with Gasteiger partial charge in [0.1, 0.15) is 23.6 Å². The number of rotatable bonds is 8. The highest BCUT2D eigenvalue weighted by Crippen LogP contribution is 2.29. The summed E-state index contributed by atoms with van der Waals surface area (Å²) in [5.74, 6) is 1.49. The molecule has 0 bridgehead atoms. The maximum atomic E-state index is 12.9. The van der Waals surface area contributed by atoms with Crippen molar-refractivity contribution in [2.45, 2.75) is 20.1 Å². The van der Waals surface area contributed by atoms with Crippen molar-refractivity contribution in [3.8, 4) is 22.8 Å². The number of aromatic nitrogens is 1. The Labute approximate surface area is 186 Å². The van der Waals surface area contributed by atoms with Crippen LogP contribution in [0.25, 0.3) is 11.3 Å². The van der Waals surface area contributed by atoms with Crippen molar-refractivity contribution in [1.82, 2.24) is 10.5 Å². The molecule has 32 heavy (non-hydrogen) atoms. The van der Waals surface area contributed by atoms with Gasteiger partial charge in [0.05, 0.1) is 7.11 Å². The molecule has 0 atom stereocenters. The molecule has 3 aromatic carbocycles. The number of nitrogens with one attached hydrogen (secondary N) is 1. The van der Waals surface area contributed by atoms with Gasteiger partial charge in [-0.1, -0.05) is 71.9 Å². The van der Waals surface area contributed by atoms with Crippen LogP contribution in [-0.4, -0.2) is 18.2 Å². The first-order valence-corrected chi connectivity index (χ1v) is 10.3. The van der Waals surface area contributed by atoms with Crippen molar-refractivity contribution in [2.24, 2.45) is 0 Å². The Morgan fingerprint density at radius 2 is 1.66 bits per heavy atom. The van der Waals surface area contributed by atoms with Crippen LogP contribution >= 0.6 is 0 Å². The molecule has 1 aromatic heterocycles. The topological polar surface area (TPSA) is 73.6 Å². The fraction of sp³-hybridized carbons (Fsp3) is 0.154. The van der Waals surface area contributed by atoms with Crippen LogP contribution in [0.15, 0.2) is 83.4 Å². The van der Waals surface area contributed by atoms with Crippen molar-refractivity contribution in [3.63, 3.8) is 0 Å². The summed E-state index contributed by atoms with van der Waals surface area (Å²) in [6, 6.07) is 25.0. The number of carbonyl (C=O) groups excluding carboxylic acids is 1. The lowest BCUT2D eigenvalue weighted by atomic mass is 10.1. The molecule has 0 saturated carbocycles. The lowest BCUT2D eigenvalue weighted by Crippen LogP contribution is -2.23. The van der Waals surface area contributed by atoms with Crippen molar-refractivity contribution in [2.75, 3.05) is 7.11 Å². The monoisotopic (exact) mass is 428 g/mol. The highest BCUT2D eigenvalue weighted by Gasteiger charge is 2.21. The van der Waals surface area contributed by atoms with Crippen molar-refractivity contribution >= 4 is 5.91 Å². The van der Waals surface area contributed by atoms with Gasteiger partial charge < -0.3 is 19.3 Å². The van der Waals surface area contributed by atoms with Gasteiger partial charge in [0, 0.05) is 12.1 Å². The van der Waals surface area contributed by atoms with E-state index in [1.54, 1.807) is 14.0 Å². The smallest absolute Gasteiger partial charge is 0.257 e. The predicted molar refractivity (Wildman–Crippen MR) is 122 cm³/mol. The van der Waals surface area contributed by atoms with Crippen LogP contribution in [0.2, 0.25) is 0 Å². The second-order valence-electron chi connectivity index (χ2n) is 7.27. The van der Waals surface area contributed by atoms with E-state index in [9.17, 15) is 4.79 Å². The van der Waals surface area contributed by atoms with E-state index in [0.717, 1.165) is 16.7 Å².